The Morgan fingerprint density at radius 2 is 1.18 bits per heavy atom. The van der Waals surface area contributed by atoms with Gasteiger partial charge >= 0.3 is 0 Å². The minimum atomic E-state index is -0.570. The highest BCUT2D eigenvalue weighted by atomic mass is 16.6. The summed E-state index contributed by atoms with van der Waals surface area (Å²) in [4.78, 5) is 40.3. The molecule has 1 saturated heterocycles. The number of benzene rings is 3. The summed E-state index contributed by atoms with van der Waals surface area (Å²) in [5, 5.41) is 11.9. The minimum absolute atomic E-state index is 0.0738. The average molecular weight is 505 g/mol. The molecule has 38 heavy (non-hydrogen) atoms. The quantitative estimate of drug-likeness (QED) is 0.182. The maximum absolute atomic E-state index is 13.9. The van der Waals surface area contributed by atoms with Gasteiger partial charge in [-0.2, -0.15) is 0 Å². The van der Waals surface area contributed by atoms with Crippen LogP contribution in [0.15, 0.2) is 78.4 Å². The number of rotatable bonds is 4. The second-order valence-electron chi connectivity index (χ2n) is 10.7. The van der Waals surface area contributed by atoms with Gasteiger partial charge in [-0.15, -0.1) is 0 Å². The van der Waals surface area contributed by atoms with Crippen LogP contribution in [0.2, 0.25) is 0 Å². The smallest absolute Gasteiger partial charge is 0.274 e. The number of fused-ring (bicyclic) bond motifs is 5. The molecule has 3 aliphatic rings. The van der Waals surface area contributed by atoms with Crippen molar-refractivity contribution in [3.8, 4) is 0 Å². The normalized spacial score (nSPS) is 23.4. The molecule has 2 aliphatic carbocycles. The molecule has 0 radical (unpaired) electrons. The monoisotopic (exact) mass is 504 g/mol. The first-order valence-electron chi connectivity index (χ1n) is 12.9. The van der Waals surface area contributed by atoms with Gasteiger partial charge in [0.2, 0.25) is 11.8 Å². The summed E-state index contributed by atoms with van der Waals surface area (Å²) < 4.78 is 0. The molecule has 2 amide bonds. The van der Waals surface area contributed by atoms with E-state index in [0.717, 1.165) is 49.4 Å². The third kappa shape index (κ3) is 3.47. The van der Waals surface area contributed by atoms with Crippen LogP contribution in [0.25, 0.3) is 5.57 Å². The molecule has 2 fully saturated rings. The van der Waals surface area contributed by atoms with Crippen LogP contribution in [0.3, 0.4) is 0 Å². The van der Waals surface area contributed by atoms with Gasteiger partial charge in [0.25, 0.3) is 5.69 Å². The Hall–Kier alpha value is -4.32. The molecule has 3 aromatic rings. The molecule has 2 bridgehead atoms. The molecule has 0 spiro atoms. The second-order valence-corrected chi connectivity index (χ2v) is 10.7. The average Bonchev–Trinajstić information content (AvgIpc) is 3.52. The van der Waals surface area contributed by atoms with E-state index < -0.39 is 16.8 Å². The second kappa shape index (κ2) is 8.62. The highest BCUT2D eigenvalue weighted by Gasteiger charge is 2.63. The maximum Gasteiger partial charge on any atom is 0.293 e. The first-order chi connectivity index (χ1) is 18.2. The van der Waals surface area contributed by atoms with Crippen LogP contribution in [0.1, 0.15) is 33.4 Å². The third-order valence-electron chi connectivity index (χ3n) is 8.41. The number of carbonyl (C=O) groups is 2. The van der Waals surface area contributed by atoms with Crippen LogP contribution in [-0.2, 0) is 9.59 Å². The SMILES string of the molecule is Cc1ccc(C(=C2[C@H]3C=C[C@H]2[C@H]2C(=O)N(c4cc(C)c(C)cc4[N+](=O)[O-])C(=O)[C@@H]23)c2ccc(C)cc2)cc1. The third-order valence-corrected chi connectivity index (χ3v) is 8.41. The van der Waals surface area contributed by atoms with Crippen molar-refractivity contribution in [2.75, 3.05) is 4.90 Å². The molecule has 1 saturated carbocycles. The van der Waals surface area contributed by atoms with Gasteiger partial charge in [0, 0.05) is 17.9 Å². The molecule has 190 valence electrons. The number of hydrogen-bond acceptors (Lipinski definition) is 4. The number of carbonyl (C=O) groups excluding carboxylic acids is 2. The summed E-state index contributed by atoms with van der Waals surface area (Å²) in [5.41, 5.74) is 7.95. The van der Waals surface area contributed by atoms with Crippen LogP contribution in [0.5, 0.6) is 0 Å². The zero-order chi connectivity index (χ0) is 26.9. The van der Waals surface area contributed by atoms with Crippen LogP contribution in [0, 0.1) is 61.5 Å². The van der Waals surface area contributed by atoms with E-state index in [0.29, 0.717) is 0 Å². The summed E-state index contributed by atoms with van der Waals surface area (Å²) in [7, 11) is 0. The molecule has 6 rings (SSSR count). The first-order valence-corrected chi connectivity index (χ1v) is 12.9. The summed E-state index contributed by atoms with van der Waals surface area (Å²) in [6.45, 7) is 7.71. The molecular formula is C32H28N2O4. The number of imide groups is 1. The number of nitrogens with zero attached hydrogens (tertiary/aromatic N) is 2. The Bertz CT molecular complexity index is 1500. The van der Waals surface area contributed by atoms with Crippen molar-refractivity contribution >= 4 is 28.8 Å². The fourth-order valence-corrected chi connectivity index (χ4v) is 6.39. The molecule has 6 nitrogen and oxygen atoms in total. The summed E-state index contributed by atoms with van der Waals surface area (Å²) in [6, 6.07) is 19.7. The van der Waals surface area contributed by atoms with Crippen molar-refractivity contribution in [2.45, 2.75) is 27.7 Å². The standard InChI is InChI=1S/C32H28N2O4/c1-17-5-9-21(10-6-17)27(22-11-7-18(2)8-12-22)28-23-13-14-24(28)30-29(23)31(35)33(32(30)36)25-15-19(3)20(4)16-26(25)34(37)38/h5-16,23-24,29-30H,1-4H3/t23-,24-,29-,30-/m1/s1. The van der Waals surface area contributed by atoms with E-state index in [1.165, 1.54) is 6.07 Å². The van der Waals surface area contributed by atoms with Crippen molar-refractivity contribution < 1.29 is 14.5 Å². The van der Waals surface area contributed by atoms with Crippen LogP contribution in [-0.4, -0.2) is 16.7 Å². The molecule has 0 N–H and O–H groups in total. The number of amides is 2. The summed E-state index contributed by atoms with van der Waals surface area (Å²) >= 11 is 0. The molecule has 1 heterocycles. The highest BCUT2D eigenvalue weighted by Crippen LogP contribution is 2.59. The number of nitro groups is 1. The van der Waals surface area contributed by atoms with Gasteiger partial charge < -0.3 is 0 Å². The van der Waals surface area contributed by atoms with Gasteiger partial charge in [-0.05, 0) is 67.2 Å². The number of hydrogen-bond donors (Lipinski definition) is 0. The topological polar surface area (TPSA) is 80.5 Å². The van der Waals surface area contributed by atoms with Gasteiger partial charge in [-0.3, -0.25) is 19.7 Å². The van der Waals surface area contributed by atoms with Crippen molar-refractivity contribution in [1.29, 1.82) is 0 Å². The number of aryl methyl sites for hydroxylation is 4. The predicted molar refractivity (Wildman–Crippen MR) is 147 cm³/mol. The fourth-order valence-electron chi connectivity index (χ4n) is 6.39. The van der Waals surface area contributed by atoms with Crippen LogP contribution < -0.4 is 4.90 Å². The summed E-state index contributed by atoms with van der Waals surface area (Å²) in [5.74, 6) is -2.33. The lowest BCUT2D eigenvalue weighted by Crippen LogP contribution is -2.34. The van der Waals surface area contributed by atoms with E-state index >= 15 is 0 Å². The van der Waals surface area contributed by atoms with Crippen molar-refractivity contribution in [1.82, 2.24) is 0 Å². The molecule has 1 aliphatic heterocycles. The highest BCUT2D eigenvalue weighted by molar-refractivity contribution is 6.24. The van der Waals surface area contributed by atoms with Crippen molar-refractivity contribution in [2.24, 2.45) is 23.7 Å². The fraction of sp³-hybridized carbons (Fsp3) is 0.250. The van der Waals surface area contributed by atoms with E-state index in [2.05, 4.69) is 48.5 Å². The van der Waals surface area contributed by atoms with Crippen molar-refractivity contribution in [3.63, 3.8) is 0 Å². The molecular weight excluding hydrogens is 476 g/mol. The maximum atomic E-state index is 13.9. The largest absolute Gasteiger partial charge is 0.293 e. The molecule has 0 unspecified atom stereocenters. The Morgan fingerprint density at radius 1 is 0.737 bits per heavy atom. The minimum Gasteiger partial charge on any atom is -0.274 e. The Kier molecular flexibility index (Phi) is 5.45. The molecule has 4 atom stereocenters. The van der Waals surface area contributed by atoms with Gasteiger partial charge in [-0.25, -0.2) is 4.90 Å². The zero-order valence-electron chi connectivity index (χ0n) is 21.8. The lowest BCUT2D eigenvalue weighted by atomic mass is 9.85. The Labute approximate surface area is 221 Å². The first kappa shape index (κ1) is 24.0. The number of nitro benzene ring substituents is 1. The number of allylic oxidation sites excluding steroid dienone is 3. The van der Waals surface area contributed by atoms with Gasteiger partial charge in [-0.1, -0.05) is 71.8 Å². The lowest BCUT2D eigenvalue weighted by molar-refractivity contribution is -0.384. The van der Waals surface area contributed by atoms with Crippen molar-refractivity contribution in [3.05, 3.63) is 122 Å². The van der Waals surface area contributed by atoms with Crippen LogP contribution >= 0.6 is 0 Å². The zero-order valence-corrected chi connectivity index (χ0v) is 21.8. The van der Waals surface area contributed by atoms with Gasteiger partial charge in [0.15, 0.2) is 0 Å². The molecule has 0 aromatic heterocycles. The Morgan fingerprint density at radius 3 is 1.63 bits per heavy atom. The van der Waals surface area contributed by atoms with E-state index in [4.69, 9.17) is 0 Å². The van der Waals surface area contributed by atoms with E-state index in [1.807, 2.05) is 32.9 Å². The molecule has 6 heteroatoms. The molecule has 3 aromatic carbocycles. The van der Waals surface area contributed by atoms with Crippen LogP contribution in [0.4, 0.5) is 11.4 Å². The van der Waals surface area contributed by atoms with Gasteiger partial charge in [0.1, 0.15) is 5.69 Å². The summed E-state index contributed by atoms with van der Waals surface area (Å²) in [6.07, 6.45) is 4.10. The Balaban J connectivity index is 1.49. The number of anilines is 1. The van der Waals surface area contributed by atoms with Gasteiger partial charge in [0.05, 0.1) is 16.8 Å². The van der Waals surface area contributed by atoms with E-state index in [-0.39, 0.29) is 35.0 Å². The van der Waals surface area contributed by atoms with E-state index in [9.17, 15) is 19.7 Å². The van der Waals surface area contributed by atoms with E-state index in [1.54, 1.807) is 13.0 Å². The lowest BCUT2D eigenvalue weighted by Gasteiger charge is -2.22. The predicted octanol–water partition coefficient (Wildman–Crippen LogP) is 6.25.